The molecule has 1 saturated carbocycles. The maximum absolute atomic E-state index is 12.3. The van der Waals surface area contributed by atoms with E-state index < -0.39 is 0 Å². The highest BCUT2D eigenvalue weighted by molar-refractivity contribution is 5.91. The molecule has 2 aromatic heterocycles. The molecule has 0 unspecified atom stereocenters. The van der Waals surface area contributed by atoms with Crippen LogP contribution in [0.25, 0.3) is 0 Å². The Morgan fingerprint density at radius 3 is 2.91 bits per heavy atom. The zero-order valence-corrected chi connectivity index (χ0v) is 18.1. The molecule has 168 valence electrons. The van der Waals surface area contributed by atoms with Gasteiger partial charge in [0.05, 0.1) is 25.5 Å². The number of nitriles is 1. The number of amides is 2. The highest BCUT2D eigenvalue weighted by atomic mass is 16.6. The summed E-state index contributed by atoms with van der Waals surface area (Å²) in [6.07, 6.45) is 3.61. The molecule has 10 nitrogen and oxygen atoms in total. The van der Waals surface area contributed by atoms with Crippen LogP contribution in [0.15, 0.2) is 24.4 Å². The lowest BCUT2D eigenvalue weighted by atomic mass is 9.92. The van der Waals surface area contributed by atoms with Crippen LogP contribution in [0.2, 0.25) is 0 Å². The minimum absolute atomic E-state index is 0.0998. The van der Waals surface area contributed by atoms with Crippen molar-refractivity contribution in [2.45, 2.75) is 50.7 Å². The Balaban J connectivity index is 1.25. The van der Waals surface area contributed by atoms with Gasteiger partial charge >= 0.3 is 6.09 Å². The molecule has 2 amide bonds. The Morgan fingerprint density at radius 2 is 2.22 bits per heavy atom. The second-order valence-corrected chi connectivity index (χ2v) is 8.29. The van der Waals surface area contributed by atoms with Gasteiger partial charge in [0, 0.05) is 42.5 Å². The minimum atomic E-state index is -0.347. The van der Waals surface area contributed by atoms with E-state index in [0.717, 1.165) is 24.1 Å². The maximum Gasteiger partial charge on any atom is 0.410 e. The maximum atomic E-state index is 12.3. The number of nitrogens with zero attached hydrogens (tertiary/aromatic N) is 4. The number of ether oxygens (including phenoxy) is 2. The number of H-pyrrole nitrogens is 1. The lowest BCUT2D eigenvalue weighted by molar-refractivity contribution is -0.115. The molecular formula is C22H26N6O4. The second kappa shape index (κ2) is 9.26. The molecule has 0 spiro atoms. The molecule has 1 saturated heterocycles. The fourth-order valence-electron chi connectivity index (χ4n) is 4.16. The van der Waals surface area contributed by atoms with E-state index in [1.165, 1.54) is 7.11 Å². The van der Waals surface area contributed by atoms with E-state index in [1.54, 1.807) is 23.2 Å². The van der Waals surface area contributed by atoms with Crippen LogP contribution >= 0.6 is 0 Å². The number of aromatic amines is 1. The summed E-state index contributed by atoms with van der Waals surface area (Å²) in [5.41, 5.74) is 1.68. The largest absolute Gasteiger partial charge is 0.481 e. The van der Waals surface area contributed by atoms with Crippen LogP contribution in [-0.4, -0.2) is 57.9 Å². The molecule has 1 aliphatic carbocycles. The number of methoxy groups -OCH3 is 1. The first-order chi connectivity index (χ1) is 15.5. The van der Waals surface area contributed by atoms with Gasteiger partial charge in [0.2, 0.25) is 11.8 Å². The summed E-state index contributed by atoms with van der Waals surface area (Å²) in [5.74, 6) is 0.838. The molecule has 0 radical (unpaired) electrons. The number of nitrogens with one attached hydrogen (secondary N) is 2. The van der Waals surface area contributed by atoms with Crippen LogP contribution in [0.3, 0.4) is 0 Å². The zero-order valence-electron chi connectivity index (χ0n) is 18.1. The molecule has 0 aromatic carbocycles. The normalized spacial score (nSPS) is 24.3. The first kappa shape index (κ1) is 21.6. The number of carbonyl (C=O) groups excluding carboxylic acids is 2. The van der Waals surface area contributed by atoms with Crippen molar-refractivity contribution in [3.05, 3.63) is 35.7 Å². The van der Waals surface area contributed by atoms with Gasteiger partial charge in [-0.25, -0.2) is 9.78 Å². The fraction of sp³-hybridized carbons (Fsp3) is 0.500. The summed E-state index contributed by atoms with van der Waals surface area (Å²) in [6, 6.07) is 7.43. The first-order valence-electron chi connectivity index (χ1n) is 10.7. The predicted octanol–water partition coefficient (Wildman–Crippen LogP) is 2.61. The van der Waals surface area contributed by atoms with Crippen LogP contribution in [0.1, 0.15) is 43.4 Å². The number of hydrogen-bond donors (Lipinski definition) is 2. The van der Waals surface area contributed by atoms with Crippen LogP contribution < -0.4 is 10.1 Å². The van der Waals surface area contributed by atoms with Crippen LogP contribution in [0.4, 0.5) is 10.6 Å². The summed E-state index contributed by atoms with van der Waals surface area (Å²) in [7, 11) is 1.54. The lowest BCUT2D eigenvalue weighted by Crippen LogP contribution is -2.57. The smallest absolute Gasteiger partial charge is 0.410 e. The van der Waals surface area contributed by atoms with Gasteiger partial charge in [0.1, 0.15) is 6.10 Å². The quantitative estimate of drug-likeness (QED) is 0.708. The van der Waals surface area contributed by atoms with E-state index >= 15 is 0 Å². The Labute approximate surface area is 185 Å². The monoisotopic (exact) mass is 438 g/mol. The summed E-state index contributed by atoms with van der Waals surface area (Å²) < 4.78 is 10.7. The van der Waals surface area contributed by atoms with Gasteiger partial charge < -0.3 is 19.7 Å². The van der Waals surface area contributed by atoms with E-state index in [0.29, 0.717) is 24.7 Å². The second-order valence-electron chi connectivity index (χ2n) is 8.29. The van der Waals surface area contributed by atoms with Gasteiger partial charge in [-0.05, 0) is 31.7 Å². The number of pyridine rings is 1. The number of rotatable bonds is 6. The molecule has 2 fully saturated rings. The molecule has 2 N–H and O–H groups in total. The van der Waals surface area contributed by atoms with E-state index in [4.69, 9.17) is 14.7 Å². The SMILES string of the molecule is COc1ccc(CC(=O)Nc2cc([C@H]3CC[C@@H](OC(=O)N4C[C@@H](C#N)[C@@H]4C)C3)[nH]n2)cn1. The van der Waals surface area contributed by atoms with Crippen molar-refractivity contribution in [2.24, 2.45) is 5.92 Å². The molecule has 2 aromatic rings. The van der Waals surface area contributed by atoms with Crippen LogP contribution in [-0.2, 0) is 16.0 Å². The predicted molar refractivity (Wildman–Crippen MR) is 114 cm³/mol. The summed E-state index contributed by atoms with van der Waals surface area (Å²) in [4.78, 5) is 30.3. The third kappa shape index (κ3) is 4.66. The third-order valence-electron chi connectivity index (χ3n) is 6.20. The molecular weight excluding hydrogens is 412 g/mol. The molecule has 1 aliphatic heterocycles. The highest BCUT2D eigenvalue weighted by Gasteiger charge is 2.41. The van der Waals surface area contributed by atoms with Gasteiger partial charge in [-0.15, -0.1) is 0 Å². The Hall–Kier alpha value is -3.61. The van der Waals surface area contributed by atoms with Gasteiger partial charge in [0.25, 0.3) is 0 Å². The minimum Gasteiger partial charge on any atom is -0.481 e. The van der Waals surface area contributed by atoms with E-state index in [9.17, 15) is 9.59 Å². The number of aromatic nitrogens is 3. The average Bonchev–Trinajstić information content (AvgIpc) is 3.43. The van der Waals surface area contributed by atoms with Crippen LogP contribution in [0, 0.1) is 17.2 Å². The number of anilines is 1. The van der Waals surface area contributed by atoms with Crippen molar-refractivity contribution in [2.75, 3.05) is 19.0 Å². The first-order valence-corrected chi connectivity index (χ1v) is 10.7. The van der Waals surface area contributed by atoms with Gasteiger partial charge in [-0.1, -0.05) is 6.07 Å². The lowest BCUT2D eigenvalue weighted by Gasteiger charge is -2.42. The van der Waals surface area contributed by atoms with Crippen molar-refractivity contribution in [3.8, 4) is 11.9 Å². The molecule has 32 heavy (non-hydrogen) atoms. The van der Waals surface area contributed by atoms with Crippen molar-refractivity contribution in [1.82, 2.24) is 20.1 Å². The zero-order chi connectivity index (χ0) is 22.7. The van der Waals surface area contributed by atoms with Gasteiger partial charge in [-0.3, -0.25) is 9.89 Å². The standard InChI is InChI=1S/C22H26N6O4/c1-13-16(10-23)12-28(13)22(30)32-17-5-4-15(8-17)18-9-19(27-26-18)25-20(29)7-14-3-6-21(31-2)24-11-14/h3,6,9,11,13,15-17H,4-5,7-8,12H2,1-2H3,(H2,25,26,27,29)/t13-,15-,16+,17+/m0/s1. The molecule has 3 heterocycles. The molecule has 4 rings (SSSR count). The molecule has 0 bridgehead atoms. The summed E-state index contributed by atoms with van der Waals surface area (Å²) in [6.45, 7) is 2.30. The van der Waals surface area contributed by atoms with Crippen molar-refractivity contribution in [1.29, 1.82) is 5.26 Å². The molecule has 10 heteroatoms. The Morgan fingerprint density at radius 1 is 1.38 bits per heavy atom. The average molecular weight is 438 g/mol. The van der Waals surface area contributed by atoms with Crippen molar-refractivity contribution in [3.63, 3.8) is 0 Å². The number of carbonyl (C=O) groups is 2. The topological polar surface area (TPSA) is 133 Å². The summed E-state index contributed by atoms with van der Waals surface area (Å²) in [5, 5.41) is 19.0. The number of hydrogen-bond acceptors (Lipinski definition) is 7. The van der Waals surface area contributed by atoms with Crippen molar-refractivity contribution >= 4 is 17.8 Å². The molecule has 4 atom stereocenters. The van der Waals surface area contributed by atoms with Gasteiger partial charge in [-0.2, -0.15) is 10.4 Å². The van der Waals surface area contributed by atoms with Gasteiger partial charge in [0.15, 0.2) is 5.82 Å². The fourth-order valence-corrected chi connectivity index (χ4v) is 4.16. The Kier molecular flexibility index (Phi) is 6.25. The third-order valence-corrected chi connectivity index (χ3v) is 6.20. The van der Waals surface area contributed by atoms with E-state index in [2.05, 4.69) is 26.6 Å². The highest BCUT2D eigenvalue weighted by Crippen LogP contribution is 2.36. The molecule has 2 aliphatic rings. The van der Waals surface area contributed by atoms with Crippen LogP contribution in [0.5, 0.6) is 5.88 Å². The number of likely N-dealkylation sites (tertiary alicyclic amines) is 1. The van der Waals surface area contributed by atoms with E-state index in [-0.39, 0.29) is 42.4 Å². The van der Waals surface area contributed by atoms with E-state index in [1.807, 2.05) is 13.0 Å². The van der Waals surface area contributed by atoms with Crippen molar-refractivity contribution < 1.29 is 19.1 Å². The summed E-state index contributed by atoms with van der Waals surface area (Å²) >= 11 is 0. The Bertz CT molecular complexity index is 1010.